The predicted octanol–water partition coefficient (Wildman–Crippen LogP) is 0.204. The third kappa shape index (κ3) is 3.87. The first-order chi connectivity index (χ1) is 7.61. The summed E-state index contributed by atoms with van der Waals surface area (Å²) in [7, 11) is 0. The van der Waals surface area contributed by atoms with E-state index in [4.69, 9.17) is 10.8 Å². The molecule has 0 aromatic carbocycles. The fourth-order valence-corrected chi connectivity index (χ4v) is 1.92. The maximum atomic E-state index is 10.8. The average Bonchev–Trinajstić information content (AvgIpc) is 2.65. The van der Waals surface area contributed by atoms with Crippen molar-refractivity contribution in [2.75, 3.05) is 13.1 Å². The molecule has 0 atom stereocenters. The molecule has 0 unspecified atom stereocenters. The summed E-state index contributed by atoms with van der Waals surface area (Å²) in [5.41, 5.74) is 5.63. The second-order valence-corrected chi connectivity index (χ2v) is 3.96. The molecule has 5 N–H and O–H groups in total. The van der Waals surface area contributed by atoms with Crippen LogP contribution in [0.15, 0.2) is 11.4 Å². The largest absolute Gasteiger partial charge is 0.477 e. The van der Waals surface area contributed by atoms with Crippen molar-refractivity contribution < 1.29 is 14.7 Å². The first-order valence-electron chi connectivity index (χ1n) is 4.65. The van der Waals surface area contributed by atoms with Crippen LogP contribution in [-0.4, -0.2) is 30.2 Å². The zero-order valence-electron chi connectivity index (χ0n) is 8.53. The molecule has 0 saturated heterocycles. The van der Waals surface area contributed by atoms with E-state index < -0.39 is 12.0 Å². The Morgan fingerprint density at radius 3 is 2.81 bits per heavy atom. The number of thiophene rings is 1. The van der Waals surface area contributed by atoms with Crippen LogP contribution in [0.4, 0.5) is 4.79 Å². The van der Waals surface area contributed by atoms with Crippen molar-refractivity contribution in [1.82, 2.24) is 10.6 Å². The van der Waals surface area contributed by atoms with Gasteiger partial charge in [-0.15, -0.1) is 11.3 Å². The molecule has 7 heteroatoms. The number of carbonyl (C=O) groups excluding carboxylic acids is 1. The van der Waals surface area contributed by atoms with Crippen LogP contribution >= 0.6 is 11.3 Å². The van der Waals surface area contributed by atoms with E-state index in [1.54, 1.807) is 11.4 Å². The summed E-state index contributed by atoms with van der Waals surface area (Å²) >= 11 is 1.20. The molecule has 1 aromatic heterocycles. The van der Waals surface area contributed by atoms with Crippen LogP contribution in [0, 0.1) is 0 Å². The van der Waals surface area contributed by atoms with Gasteiger partial charge in [0.05, 0.1) is 0 Å². The molecule has 0 fully saturated rings. The number of carbonyl (C=O) groups is 2. The maximum Gasteiger partial charge on any atom is 0.346 e. The van der Waals surface area contributed by atoms with Crippen LogP contribution < -0.4 is 16.4 Å². The molecule has 88 valence electrons. The van der Waals surface area contributed by atoms with Gasteiger partial charge in [0.25, 0.3) is 0 Å². The van der Waals surface area contributed by atoms with Crippen LogP contribution in [-0.2, 0) is 6.54 Å². The third-order valence-electron chi connectivity index (χ3n) is 1.86. The number of urea groups is 1. The topological polar surface area (TPSA) is 104 Å². The van der Waals surface area contributed by atoms with Gasteiger partial charge in [0.15, 0.2) is 0 Å². The van der Waals surface area contributed by atoms with E-state index >= 15 is 0 Å². The first kappa shape index (κ1) is 12.5. The van der Waals surface area contributed by atoms with Gasteiger partial charge in [-0.2, -0.15) is 0 Å². The summed E-state index contributed by atoms with van der Waals surface area (Å²) < 4.78 is 0. The lowest BCUT2D eigenvalue weighted by Gasteiger charge is -2.04. The van der Waals surface area contributed by atoms with Gasteiger partial charge in [0, 0.05) is 19.6 Å². The number of hydrogen-bond acceptors (Lipinski definition) is 4. The molecule has 16 heavy (non-hydrogen) atoms. The van der Waals surface area contributed by atoms with Gasteiger partial charge in [-0.3, -0.25) is 0 Å². The molecular weight excluding hydrogens is 230 g/mol. The lowest BCUT2D eigenvalue weighted by molar-refractivity contribution is 0.0701. The molecule has 0 radical (unpaired) electrons. The molecule has 0 aliphatic heterocycles. The zero-order valence-corrected chi connectivity index (χ0v) is 9.34. The van der Waals surface area contributed by atoms with Crippen molar-refractivity contribution in [3.8, 4) is 0 Å². The SMILES string of the molecule is NC(=O)NCCNCc1ccsc1C(=O)O. The number of carboxylic acids is 1. The van der Waals surface area contributed by atoms with E-state index in [1.807, 2.05) is 0 Å². The van der Waals surface area contributed by atoms with Crippen molar-refractivity contribution >= 4 is 23.3 Å². The molecule has 1 rings (SSSR count). The van der Waals surface area contributed by atoms with Gasteiger partial charge in [0.1, 0.15) is 4.88 Å². The van der Waals surface area contributed by atoms with Gasteiger partial charge in [0.2, 0.25) is 0 Å². The zero-order chi connectivity index (χ0) is 12.0. The number of carboxylic acid groups (broad SMARTS) is 1. The minimum absolute atomic E-state index is 0.343. The van der Waals surface area contributed by atoms with Crippen molar-refractivity contribution in [1.29, 1.82) is 0 Å². The molecule has 0 aliphatic rings. The monoisotopic (exact) mass is 243 g/mol. The summed E-state index contributed by atoms with van der Waals surface area (Å²) in [6.45, 7) is 1.42. The number of nitrogens with one attached hydrogen (secondary N) is 2. The van der Waals surface area contributed by atoms with Crippen LogP contribution in [0.2, 0.25) is 0 Å². The first-order valence-corrected chi connectivity index (χ1v) is 5.53. The van der Waals surface area contributed by atoms with Crippen molar-refractivity contribution in [2.24, 2.45) is 5.73 Å². The van der Waals surface area contributed by atoms with E-state index in [0.717, 1.165) is 5.56 Å². The van der Waals surface area contributed by atoms with Gasteiger partial charge >= 0.3 is 12.0 Å². The molecule has 1 aromatic rings. The molecule has 1 heterocycles. The van der Waals surface area contributed by atoms with Gasteiger partial charge in [-0.1, -0.05) is 0 Å². The number of aromatic carboxylic acids is 1. The van der Waals surface area contributed by atoms with E-state index in [-0.39, 0.29) is 0 Å². The molecule has 0 aliphatic carbocycles. The van der Waals surface area contributed by atoms with E-state index in [9.17, 15) is 9.59 Å². The third-order valence-corrected chi connectivity index (χ3v) is 2.80. The lowest BCUT2D eigenvalue weighted by atomic mass is 10.2. The molecular formula is C9H13N3O3S. The second kappa shape index (κ2) is 6.09. The minimum atomic E-state index is -0.915. The normalized spacial score (nSPS) is 10.0. The fraction of sp³-hybridized carbons (Fsp3) is 0.333. The Kier molecular flexibility index (Phi) is 4.74. The van der Waals surface area contributed by atoms with Crippen molar-refractivity contribution in [2.45, 2.75) is 6.54 Å². The fourth-order valence-electron chi connectivity index (χ4n) is 1.16. The van der Waals surface area contributed by atoms with Crippen LogP contribution in [0.5, 0.6) is 0 Å². The minimum Gasteiger partial charge on any atom is -0.477 e. The average molecular weight is 243 g/mol. The highest BCUT2D eigenvalue weighted by atomic mass is 32.1. The lowest BCUT2D eigenvalue weighted by Crippen LogP contribution is -2.35. The number of amides is 2. The van der Waals surface area contributed by atoms with Crippen molar-refractivity contribution in [3.05, 3.63) is 21.9 Å². The summed E-state index contributed by atoms with van der Waals surface area (Å²) in [5.74, 6) is -0.915. The van der Waals surface area contributed by atoms with Crippen LogP contribution in [0.25, 0.3) is 0 Å². The van der Waals surface area contributed by atoms with Crippen LogP contribution in [0.3, 0.4) is 0 Å². The number of nitrogens with two attached hydrogens (primary N) is 1. The smallest absolute Gasteiger partial charge is 0.346 e. The molecule has 0 bridgehead atoms. The Hall–Kier alpha value is -1.60. The highest BCUT2D eigenvalue weighted by Gasteiger charge is 2.10. The second-order valence-electron chi connectivity index (χ2n) is 3.05. The van der Waals surface area contributed by atoms with E-state index in [0.29, 0.717) is 24.5 Å². The Labute approximate surface area is 96.5 Å². The standard InChI is InChI=1S/C9H13N3O3S/c10-9(15)12-3-2-11-5-6-1-4-16-7(6)8(13)14/h1,4,11H,2-3,5H2,(H,13,14)(H3,10,12,15). The Bertz CT molecular complexity index is 378. The van der Waals surface area contributed by atoms with E-state index in [2.05, 4.69) is 10.6 Å². The number of hydrogen-bond donors (Lipinski definition) is 4. The highest BCUT2D eigenvalue weighted by molar-refractivity contribution is 7.12. The number of primary amides is 1. The molecule has 2 amide bonds. The van der Waals surface area contributed by atoms with E-state index in [1.165, 1.54) is 11.3 Å². The molecule has 0 spiro atoms. The Morgan fingerprint density at radius 1 is 1.44 bits per heavy atom. The summed E-state index contributed by atoms with van der Waals surface area (Å²) in [6, 6.07) is 1.20. The summed E-state index contributed by atoms with van der Waals surface area (Å²) in [6.07, 6.45) is 0. The van der Waals surface area contributed by atoms with Crippen LogP contribution in [0.1, 0.15) is 15.2 Å². The highest BCUT2D eigenvalue weighted by Crippen LogP contribution is 2.16. The number of rotatable bonds is 6. The predicted molar refractivity (Wildman–Crippen MR) is 60.6 cm³/mol. The summed E-state index contributed by atoms with van der Waals surface area (Å²) in [5, 5.41) is 16.0. The molecule has 6 nitrogen and oxygen atoms in total. The molecule has 0 saturated carbocycles. The Balaban J connectivity index is 2.29. The van der Waals surface area contributed by atoms with Gasteiger partial charge in [-0.05, 0) is 17.0 Å². The maximum absolute atomic E-state index is 10.8. The summed E-state index contributed by atoms with van der Waals surface area (Å²) in [4.78, 5) is 21.5. The quantitative estimate of drug-likeness (QED) is 0.536. The van der Waals surface area contributed by atoms with Crippen molar-refractivity contribution in [3.63, 3.8) is 0 Å². The Morgan fingerprint density at radius 2 is 2.19 bits per heavy atom. The van der Waals surface area contributed by atoms with Gasteiger partial charge < -0.3 is 21.5 Å². The van der Waals surface area contributed by atoms with Gasteiger partial charge in [-0.25, -0.2) is 9.59 Å².